The maximum atomic E-state index is 13.0. The van der Waals surface area contributed by atoms with Gasteiger partial charge in [0.2, 0.25) is 0 Å². The second-order valence-electron chi connectivity index (χ2n) is 2.81. The average molecular weight is 198 g/mol. The summed E-state index contributed by atoms with van der Waals surface area (Å²) in [5.41, 5.74) is 0. The molecule has 1 aliphatic heterocycles. The minimum absolute atomic E-state index is 0.0923. The summed E-state index contributed by atoms with van der Waals surface area (Å²) in [7, 11) is 0. The Balaban J connectivity index is 2.28. The van der Waals surface area contributed by atoms with Gasteiger partial charge in [-0.05, 0) is 0 Å². The van der Waals surface area contributed by atoms with Gasteiger partial charge < -0.3 is 9.84 Å². The van der Waals surface area contributed by atoms with Crippen LogP contribution in [0, 0.1) is 0 Å². The summed E-state index contributed by atoms with van der Waals surface area (Å²) in [5.74, 6) is 0.143. The molecular formula is C7H13ClFNO2. The maximum absolute atomic E-state index is 13.0. The summed E-state index contributed by atoms with van der Waals surface area (Å²) in [6, 6.07) is 0. The number of aliphatic hydroxyl groups is 1. The Labute approximate surface area is 76.1 Å². The minimum Gasteiger partial charge on any atom is -0.391 e. The standard InChI is InChI=1S/C7H13ClFNO2/c8-3-6(11)4-10-1-2-12-5-7(10)9/h6-7,11H,1-5H2. The molecular weight excluding hydrogens is 185 g/mol. The molecule has 1 N–H and O–H groups in total. The molecule has 72 valence electrons. The Morgan fingerprint density at radius 3 is 3.08 bits per heavy atom. The molecule has 0 spiro atoms. The van der Waals surface area contributed by atoms with Crippen LogP contribution in [0.25, 0.3) is 0 Å². The van der Waals surface area contributed by atoms with Gasteiger partial charge in [-0.3, -0.25) is 4.90 Å². The van der Waals surface area contributed by atoms with Gasteiger partial charge in [-0.15, -0.1) is 11.6 Å². The van der Waals surface area contributed by atoms with Crippen molar-refractivity contribution < 1.29 is 14.2 Å². The molecule has 0 aromatic rings. The third-order valence-corrected chi connectivity index (χ3v) is 2.15. The number of β-amino-alcohol motifs (C(OH)–C–C–N with tert-alkyl or cyclic N) is 1. The summed E-state index contributed by atoms with van der Waals surface area (Å²) in [6.07, 6.45) is -1.75. The molecule has 0 saturated carbocycles. The highest BCUT2D eigenvalue weighted by molar-refractivity contribution is 6.18. The van der Waals surface area contributed by atoms with Gasteiger partial charge in [0, 0.05) is 19.0 Å². The maximum Gasteiger partial charge on any atom is 0.177 e. The summed E-state index contributed by atoms with van der Waals surface area (Å²) in [6.45, 7) is 1.42. The first-order chi connectivity index (χ1) is 5.74. The van der Waals surface area contributed by atoms with E-state index < -0.39 is 12.4 Å². The molecule has 0 aliphatic carbocycles. The molecule has 0 amide bonds. The lowest BCUT2D eigenvalue weighted by Crippen LogP contribution is -2.46. The van der Waals surface area contributed by atoms with Crippen molar-refractivity contribution in [2.45, 2.75) is 12.4 Å². The third kappa shape index (κ3) is 2.86. The fraction of sp³-hybridized carbons (Fsp3) is 1.00. The van der Waals surface area contributed by atoms with E-state index in [1.165, 1.54) is 4.90 Å². The van der Waals surface area contributed by atoms with Crippen LogP contribution in [0.2, 0.25) is 0 Å². The first kappa shape index (κ1) is 10.2. The van der Waals surface area contributed by atoms with E-state index in [4.69, 9.17) is 21.4 Å². The molecule has 0 radical (unpaired) electrons. The molecule has 1 heterocycles. The van der Waals surface area contributed by atoms with Crippen molar-refractivity contribution >= 4 is 11.6 Å². The Morgan fingerprint density at radius 1 is 1.75 bits per heavy atom. The number of halogens is 2. The van der Waals surface area contributed by atoms with Gasteiger partial charge in [0.25, 0.3) is 0 Å². The molecule has 3 nitrogen and oxygen atoms in total. The normalized spacial score (nSPS) is 28.8. The highest BCUT2D eigenvalue weighted by atomic mass is 35.5. The Bertz CT molecular complexity index is 139. The zero-order valence-corrected chi connectivity index (χ0v) is 7.50. The van der Waals surface area contributed by atoms with Crippen molar-refractivity contribution in [3.8, 4) is 0 Å². The van der Waals surface area contributed by atoms with Crippen molar-refractivity contribution in [1.29, 1.82) is 0 Å². The smallest absolute Gasteiger partial charge is 0.177 e. The number of nitrogens with zero attached hydrogens (tertiary/aromatic N) is 1. The quantitative estimate of drug-likeness (QED) is 0.519. The number of hydrogen-bond donors (Lipinski definition) is 1. The highest BCUT2D eigenvalue weighted by Gasteiger charge is 2.23. The van der Waals surface area contributed by atoms with Gasteiger partial charge in [-0.2, -0.15) is 0 Å². The lowest BCUT2D eigenvalue weighted by Gasteiger charge is -2.31. The van der Waals surface area contributed by atoms with Crippen molar-refractivity contribution in [2.75, 3.05) is 32.2 Å². The third-order valence-electron chi connectivity index (χ3n) is 1.80. The number of aliphatic hydroxyl groups excluding tert-OH is 1. The molecule has 2 atom stereocenters. The van der Waals surface area contributed by atoms with Crippen LogP contribution in [0.1, 0.15) is 0 Å². The first-order valence-electron chi connectivity index (χ1n) is 3.94. The monoisotopic (exact) mass is 197 g/mol. The second-order valence-corrected chi connectivity index (χ2v) is 3.12. The Morgan fingerprint density at radius 2 is 2.50 bits per heavy atom. The van der Waals surface area contributed by atoms with Crippen molar-refractivity contribution in [3.05, 3.63) is 0 Å². The molecule has 2 unspecified atom stereocenters. The fourth-order valence-corrected chi connectivity index (χ4v) is 1.23. The van der Waals surface area contributed by atoms with Gasteiger partial charge in [0.05, 0.1) is 19.3 Å². The lowest BCUT2D eigenvalue weighted by molar-refractivity contribution is -0.0743. The van der Waals surface area contributed by atoms with Crippen LogP contribution in [-0.4, -0.2) is 54.6 Å². The van der Waals surface area contributed by atoms with Gasteiger partial charge in [-0.1, -0.05) is 0 Å². The largest absolute Gasteiger partial charge is 0.391 e. The van der Waals surface area contributed by atoms with E-state index in [1.54, 1.807) is 0 Å². The van der Waals surface area contributed by atoms with Crippen LogP contribution < -0.4 is 0 Å². The van der Waals surface area contributed by atoms with E-state index in [-0.39, 0.29) is 19.0 Å². The number of alkyl halides is 2. The molecule has 0 bridgehead atoms. The van der Waals surface area contributed by atoms with E-state index in [9.17, 15) is 4.39 Å². The molecule has 0 aromatic carbocycles. The predicted octanol–water partition coefficient (Wildman–Crippen LogP) is 0.214. The average Bonchev–Trinajstić information content (AvgIpc) is 2.09. The summed E-state index contributed by atoms with van der Waals surface area (Å²) in [4.78, 5) is 1.54. The van der Waals surface area contributed by atoms with E-state index in [0.717, 1.165) is 0 Å². The number of hydrogen-bond acceptors (Lipinski definition) is 3. The van der Waals surface area contributed by atoms with Crippen molar-refractivity contribution in [3.63, 3.8) is 0 Å². The highest BCUT2D eigenvalue weighted by Crippen LogP contribution is 2.08. The van der Waals surface area contributed by atoms with Gasteiger partial charge in [0.15, 0.2) is 6.30 Å². The minimum atomic E-state index is -1.10. The summed E-state index contributed by atoms with van der Waals surface area (Å²) in [5, 5.41) is 9.15. The van der Waals surface area contributed by atoms with Gasteiger partial charge in [-0.25, -0.2) is 4.39 Å². The van der Waals surface area contributed by atoms with E-state index >= 15 is 0 Å². The zero-order valence-electron chi connectivity index (χ0n) is 6.75. The van der Waals surface area contributed by atoms with Crippen molar-refractivity contribution in [1.82, 2.24) is 4.90 Å². The first-order valence-corrected chi connectivity index (χ1v) is 4.47. The molecule has 12 heavy (non-hydrogen) atoms. The molecule has 0 aromatic heterocycles. The Hall–Kier alpha value is 0.1000. The van der Waals surface area contributed by atoms with Crippen LogP contribution >= 0.6 is 11.6 Å². The molecule has 1 rings (SSSR count). The summed E-state index contributed by atoms with van der Waals surface area (Å²) >= 11 is 5.39. The SMILES string of the molecule is OC(CCl)CN1CCOCC1F. The zero-order chi connectivity index (χ0) is 8.97. The van der Waals surface area contributed by atoms with Crippen LogP contribution in [0.4, 0.5) is 4.39 Å². The molecule has 1 fully saturated rings. The van der Waals surface area contributed by atoms with E-state index in [0.29, 0.717) is 13.2 Å². The number of rotatable bonds is 3. The van der Waals surface area contributed by atoms with Crippen molar-refractivity contribution in [2.24, 2.45) is 0 Å². The second kappa shape index (κ2) is 4.97. The molecule has 5 heteroatoms. The predicted molar refractivity (Wildman–Crippen MR) is 44.0 cm³/mol. The van der Waals surface area contributed by atoms with Crippen LogP contribution in [0.15, 0.2) is 0 Å². The number of ether oxygens (including phenoxy) is 1. The summed E-state index contributed by atoms with van der Waals surface area (Å²) < 4.78 is 17.9. The van der Waals surface area contributed by atoms with Crippen LogP contribution in [0.5, 0.6) is 0 Å². The van der Waals surface area contributed by atoms with Crippen LogP contribution in [0.3, 0.4) is 0 Å². The molecule has 1 saturated heterocycles. The Kier molecular flexibility index (Phi) is 4.21. The van der Waals surface area contributed by atoms with E-state index in [2.05, 4.69) is 0 Å². The topological polar surface area (TPSA) is 32.7 Å². The lowest BCUT2D eigenvalue weighted by atomic mass is 10.3. The number of morpholine rings is 1. The van der Waals surface area contributed by atoms with E-state index in [1.807, 2.05) is 0 Å². The molecule has 1 aliphatic rings. The fourth-order valence-electron chi connectivity index (χ4n) is 1.13. The van der Waals surface area contributed by atoms with Gasteiger partial charge in [0.1, 0.15) is 0 Å². The van der Waals surface area contributed by atoms with Gasteiger partial charge >= 0.3 is 0 Å². The van der Waals surface area contributed by atoms with Crippen LogP contribution in [-0.2, 0) is 4.74 Å².